The third-order valence-corrected chi connectivity index (χ3v) is 6.97. The van der Waals surface area contributed by atoms with Crippen LogP contribution in [0.15, 0.2) is 66.7 Å². The van der Waals surface area contributed by atoms with E-state index < -0.39 is 0 Å². The van der Waals surface area contributed by atoms with Crippen molar-refractivity contribution in [2.75, 3.05) is 18.1 Å². The monoisotopic (exact) mass is 473 g/mol. The fourth-order valence-corrected chi connectivity index (χ4v) is 4.91. The number of ether oxygens (including phenoxy) is 1. The van der Waals surface area contributed by atoms with Crippen LogP contribution >= 0.6 is 11.6 Å². The van der Waals surface area contributed by atoms with E-state index >= 15 is 0 Å². The van der Waals surface area contributed by atoms with Crippen molar-refractivity contribution in [2.24, 2.45) is 0 Å². The summed E-state index contributed by atoms with van der Waals surface area (Å²) in [7, 11) is 0. The molecule has 6 heteroatoms. The van der Waals surface area contributed by atoms with E-state index in [2.05, 4.69) is 23.6 Å². The second-order valence-corrected chi connectivity index (χ2v) is 9.16. The molecule has 1 saturated heterocycles. The number of anilines is 1. The number of nitrogens with zero attached hydrogens (tertiary/aromatic N) is 3. The number of imidazole rings is 1. The number of hydrogen-bond donors (Lipinski definition) is 0. The highest BCUT2D eigenvalue weighted by atomic mass is 35.5. The van der Waals surface area contributed by atoms with Crippen LogP contribution < -0.4 is 9.64 Å². The van der Waals surface area contributed by atoms with E-state index in [1.165, 1.54) is 5.56 Å². The van der Waals surface area contributed by atoms with Gasteiger partial charge in [0.1, 0.15) is 18.2 Å². The number of rotatable bonds is 7. The molecule has 1 fully saturated rings. The number of hydrogen-bond acceptors (Lipinski definition) is 3. The maximum atomic E-state index is 13.1. The van der Waals surface area contributed by atoms with Gasteiger partial charge in [0.15, 0.2) is 0 Å². The first kappa shape index (κ1) is 22.5. The first-order chi connectivity index (χ1) is 16.5. The van der Waals surface area contributed by atoms with Crippen LogP contribution in [0.5, 0.6) is 5.75 Å². The van der Waals surface area contributed by atoms with Gasteiger partial charge < -0.3 is 14.2 Å². The largest absolute Gasteiger partial charge is 0.492 e. The number of aryl methyl sites for hydroxylation is 2. The fourth-order valence-electron chi connectivity index (χ4n) is 4.79. The summed E-state index contributed by atoms with van der Waals surface area (Å²) in [5, 5.41) is 0.732. The van der Waals surface area contributed by atoms with E-state index in [1.807, 2.05) is 66.4 Å². The lowest BCUT2D eigenvalue weighted by Crippen LogP contribution is -2.25. The van der Waals surface area contributed by atoms with E-state index in [0.717, 1.165) is 45.3 Å². The van der Waals surface area contributed by atoms with Crippen LogP contribution in [0.25, 0.3) is 11.0 Å². The van der Waals surface area contributed by atoms with Gasteiger partial charge in [-0.15, -0.1) is 0 Å². The Morgan fingerprint density at radius 2 is 1.88 bits per heavy atom. The van der Waals surface area contributed by atoms with Gasteiger partial charge in [-0.05, 0) is 60.9 Å². The molecule has 5 nitrogen and oxygen atoms in total. The molecule has 1 amide bonds. The van der Waals surface area contributed by atoms with Gasteiger partial charge in [0.05, 0.1) is 17.6 Å². The molecule has 1 atom stereocenters. The highest BCUT2D eigenvalue weighted by Gasteiger charge is 2.35. The van der Waals surface area contributed by atoms with Gasteiger partial charge in [0, 0.05) is 29.6 Å². The Hall–Kier alpha value is -3.31. The summed E-state index contributed by atoms with van der Waals surface area (Å²) >= 11 is 6.14. The van der Waals surface area contributed by atoms with Crippen molar-refractivity contribution in [3.63, 3.8) is 0 Å². The number of halogens is 1. The maximum absolute atomic E-state index is 13.1. The molecule has 1 aliphatic rings. The molecule has 0 aliphatic carbocycles. The summed E-state index contributed by atoms with van der Waals surface area (Å²) in [4.78, 5) is 20.0. The van der Waals surface area contributed by atoms with E-state index in [9.17, 15) is 4.79 Å². The minimum Gasteiger partial charge on any atom is -0.492 e. The number of aromatic nitrogens is 2. The number of carbonyl (C=O) groups is 1. The predicted octanol–water partition coefficient (Wildman–Crippen LogP) is 6.16. The zero-order chi connectivity index (χ0) is 23.7. The number of para-hydroxylation sites is 3. The van der Waals surface area contributed by atoms with Gasteiger partial charge in [-0.3, -0.25) is 4.79 Å². The first-order valence-electron chi connectivity index (χ1n) is 11.8. The normalized spacial score (nSPS) is 15.9. The molecule has 4 aromatic rings. The van der Waals surface area contributed by atoms with Gasteiger partial charge >= 0.3 is 0 Å². The van der Waals surface area contributed by atoms with Crippen molar-refractivity contribution in [3.8, 4) is 5.75 Å². The standard InChI is InChI=1S/C28H28ClN3O2/c1-3-20-8-4-6-10-25(20)32-18-21(17-27(32)33)28-30-24-9-5-7-11-26(24)31(28)14-15-34-22-12-13-23(29)19(2)16-22/h4-13,16,21H,3,14-15,17-18H2,1-2H3/t21-/m1/s1. The Morgan fingerprint density at radius 3 is 2.71 bits per heavy atom. The molecule has 0 radical (unpaired) electrons. The lowest BCUT2D eigenvalue weighted by atomic mass is 10.1. The highest BCUT2D eigenvalue weighted by molar-refractivity contribution is 6.31. The van der Waals surface area contributed by atoms with Crippen LogP contribution in [-0.2, 0) is 17.8 Å². The fraction of sp³-hybridized carbons (Fsp3) is 0.286. The van der Waals surface area contributed by atoms with E-state index in [4.69, 9.17) is 21.3 Å². The van der Waals surface area contributed by atoms with Crippen molar-refractivity contribution >= 4 is 34.2 Å². The Labute approximate surface area is 204 Å². The first-order valence-corrected chi connectivity index (χ1v) is 12.2. The van der Waals surface area contributed by atoms with E-state index in [0.29, 0.717) is 26.1 Å². The van der Waals surface area contributed by atoms with Gasteiger partial charge in [-0.2, -0.15) is 0 Å². The summed E-state index contributed by atoms with van der Waals surface area (Å²) in [5.41, 5.74) is 5.20. The van der Waals surface area contributed by atoms with Gasteiger partial charge in [0.2, 0.25) is 5.91 Å². The Kier molecular flexibility index (Phi) is 6.29. The van der Waals surface area contributed by atoms with Crippen LogP contribution in [-0.4, -0.2) is 28.6 Å². The third-order valence-electron chi connectivity index (χ3n) is 6.55. The highest BCUT2D eigenvalue weighted by Crippen LogP contribution is 2.34. The predicted molar refractivity (Wildman–Crippen MR) is 137 cm³/mol. The minimum atomic E-state index is 0.0302. The Morgan fingerprint density at radius 1 is 1.09 bits per heavy atom. The average Bonchev–Trinajstić information content (AvgIpc) is 3.42. The lowest BCUT2D eigenvalue weighted by Gasteiger charge is -2.20. The number of fused-ring (bicyclic) bond motifs is 1. The topological polar surface area (TPSA) is 47.4 Å². The summed E-state index contributed by atoms with van der Waals surface area (Å²) in [5.74, 6) is 1.92. The molecule has 174 valence electrons. The van der Waals surface area contributed by atoms with Crippen LogP contribution in [0.1, 0.15) is 36.2 Å². The van der Waals surface area contributed by atoms with Crippen LogP contribution in [0.3, 0.4) is 0 Å². The Bertz CT molecular complexity index is 1350. The van der Waals surface area contributed by atoms with Gasteiger partial charge in [-0.1, -0.05) is 48.9 Å². The number of benzene rings is 3. The quantitative estimate of drug-likeness (QED) is 0.323. The molecule has 0 N–H and O–H groups in total. The SMILES string of the molecule is CCc1ccccc1N1C[C@H](c2nc3ccccc3n2CCOc2ccc(Cl)c(C)c2)CC1=O. The smallest absolute Gasteiger partial charge is 0.227 e. The number of carbonyl (C=O) groups excluding carboxylic acids is 1. The number of amides is 1. The molecule has 34 heavy (non-hydrogen) atoms. The third kappa shape index (κ3) is 4.28. The van der Waals surface area contributed by atoms with Gasteiger partial charge in [0.25, 0.3) is 0 Å². The molecule has 5 rings (SSSR count). The van der Waals surface area contributed by atoms with Crippen LogP contribution in [0, 0.1) is 6.92 Å². The molecular weight excluding hydrogens is 446 g/mol. The van der Waals surface area contributed by atoms with E-state index in [1.54, 1.807) is 0 Å². The maximum Gasteiger partial charge on any atom is 0.227 e. The molecule has 0 saturated carbocycles. The molecule has 0 unspecified atom stereocenters. The molecule has 1 aromatic heterocycles. The summed E-state index contributed by atoms with van der Waals surface area (Å²) in [6, 6.07) is 22.0. The van der Waals surface area contributed by atoms with E-state index in [-0.39, 0.29) is 11.8 Å². The second-order valence-electron chi connectivity index (χ2n) is 8.76. The molecule has 2 heterocycles. The van der Waals surface area contributed by atoms with Crippen molar-refractivity contribution in [1.29, 1.82) is 0 Å². The minimum absolute atomic E-state index is 0.0302. The van der Waals surface area contributed by atoms with Crippen molar-refractivity contribution < 1.29 is 9.53 Å². The zero-order valence-electron chi connectivity index (χ0n) is 19.5. The summed E-state index contributed by atoms with van der Waals surface area (Å²) in [6.07, 6.45) is 1.35. The lowest BCUT2D eigenvalue weighted by molar-refractivity contribution is -0.117. The average molecular weight is 474 g/mol. The summed E-state index contributed by atoms with van der Waals surface area (Å²) in [6.45, 7) is 5.87. The molecule has 1 aliphatic heterocycles. The second kappa shape index (κ2) is 9.51. The molecule has 0 bridgehead atoms. The molecule has 0 spiro atoms. The van der Waals surface area contributed by atoms with Crippen molar-refractivity contribution in [2.45, 2.75) is 39.2 Å². The molecular formula is C28H28ClN3O2. The molecule has 3 aromatic carbocycles. The van der Waals surface area contributed by atoms with Gasteiger partial charge in [-0.25, -0.2) is 4.98 Å². The summed E-state index contributed by atoms with van der Waals surface area (Å²) < 4.78 is 8.25. The van der Waals surface area contributed by atoms with Crippen molar-refractivity contribution in [1.82, 2.24) is 9.55 Å². The zero-order valence-corrected chi connectivity index (χ0v) is 20.3. The Balaban J connectivity index is 1.40. The van der Waals surface area contributed by atoms with Crippen LogP contribution in [0.2, 0.25) is 5.02 Å². The van der Waals surface area contributed by atoms with Crippen LogP contribution in [0.4, 0.5) is 5.69 Å². The van der Waals surface area contributed by atoms with Crippen molar-refractivity contribution in [3.05, 3.63) is 88.7 Å².